The molecule has 0 aromatic heterocycles. The predicted octanol–water partition coefficient (Wildman–Crippen LogP) is 1.66. The summed E-state index contributed by atoms with van der Waals surface area (Å²) in [5.74, 6) is -3.69. The highest BCUT2D eigenvalue weighted by Crippen LogP contribution is 2.27. The number of carbonyl (C=O) groups excluding carboxylic acids is 5. The van der Waals surface area contributed by atoms with Gasteiger partial charge in [0.1, 0.15) is 33.0 Å². The van der Waals surface area contributed by atoms with Crippen molar-refractivity contribution in [3.05, 3.63) is 63.3 Å². The molecule has 216 valence electrons. The van der Waals surface area contributed by atoms with Crippen LogP contribution in [-0.2, 0) is 57.1 Å². The molecule has 0 atom stereocenters. The summed E-state index contributed by atoms with van der Waals surface area (Å²) in [5, 5.41) is 0. The molecule has 0 radical (unpaired) electrons. The van der Waals surface area contributed by atoms with Gasteiger partial charge in [-0.05, 0) is 6.42 Å². The van der Waals surface area contributed by atoms with Crippen molar-refractivity contribution < 1.29 is 57.1 Å². The van der Waals surface area contributed by atoms with Crippen molar-refractivity contribution in [2.75, 3.05) is 60.0 Å². The Balaban J connectivity index is 5.82. The second kappa shape index (κ2) is 19.1. The van der Waals surface area contributed by atoms with E-state index >= 15 is 0 Å². The van der Waals surface area contributed by atoms with Crippen molar-refractivity contribution in [1.29, 1.82) is 0 Å². The lowest BCUT2D eigenvalue weighted by Crippen LogP contribution is -2.44. The van der Waals surface area contributed by atoms with Gasteiger partial charge in [-0.2, -0.15) is 0 Å². The molecule has 0 bridgehead atoms. The predicted molar refractivity (Wildman–Crippen MR) is 138 cm³/mol. The molecule has 12 nitrogen and oxygen atoms in total. The number of hydrogen-bond donors (Lipinski definition) is 0. The lowest BCUT2D eigenvalue weighted by Gasteiger charge is -2.34. The first-order valence-corrected chi connectivity index (χ1v) is 11.6. The third-order valence-corrected chi connectivity index (χ3v) is 5.07. The van der Waals surface area contributed by atoms with Crippen LogP contribution in [0.1, 0.15) is 6.42 Å². The molecule has 0 amide bonds. The minimum Gasteiger partial charge on any atom is -0.462 e. The molecule has 0 saturated heterocycles. The molecule has 0 N–H and O–H groups in total. The molecule has 0 spiro atoms. The zero-order valence-corrected chi connectivity index (χ0v) is 22.2. The summed E-state index contributed by atoms with van der Waals surface area (Å²) < 4.78 is 37.0. The Morgan fingerprint density at radius 3 is 1.10 bits per heavy atom. The van der Waals surface area contributed by atoms with Gasteiger partial charge in [-0.15, -0.1) is 0 Å². The topological polar surface area (TPSA) is 150 Å². The third kappa shape index (κ3) is 14.5. The normalized spacial score (nSPS) is 10.8. The second-order valence-corrected chi connectivity index (χ2v) is 8.29. The highest BCUT2D eigenvalue weighted by molar-refractivity contribution is 5.82. The molecule has 0 aliphatic carbocycles. The molecule has 12 heteroatoms. The second-order valence-electron chi connectivity index (χ2n) is 8.29. The van der Waals surface area contributed by atoms with Gasteiger partial charge in [0.25, 0.3) is 0 Å². The number of hydrogen-bond acceptors (Lipinski definition) is 12. The van der Waals surface area contributed by atoms with E-state index in [-0.39, 0.29) is 59.3 Å². The summed E-state index contributed by atoms with van der Waals surface area (Å²) >= 11 is 0. The average Bonchev–Trinajstić information content (AvgIpc) is 2.96. The van der Waals surface area contributed by atoms with E-state index in [0.29, 0.717) is 0 Å². The zero-order chi connectivity index (χ0) is 29.7. The average molecular weight is 553 g/mol. The van der Waals surface area contributed by atoms with Gasteiger partial charge in [0, 0.05) is 44.1 Å². The minimum absolute atomic E-state index is 0.0151. The van der Waals surface area contributed by atoms with Crippen molar-refractivity contribution in [1.82, 2.24) is 0 Å². The molecule has 0 saturated carbocycles. The Bertz CT molecular complexity index is 821. The van der Waals surface area contributed by atoms with Gasteiger partial charge >= 0.3 is 29.8 Å². The van der Waals surface area contributed by atoms with Crippen molar-refractivity contribution in [3.8, 4) is 0 Å². The molecule has 0 unspecified atom stereocenters. The Labute approximate surface area is 227 Å². The molecule has 0 aromatic carbocycles. The Kier molecular flexibility index (Phi) is 17.1. The van der Waals surface area contributed by atoms with Crippen LogP contribution in [0.2, 0.25) is 0 Å². The van der Waals surface area contributed by atoms with E-state index in [9.17, 15) is 24.0 Å². The summed E-state index contributed by atoms with van der Waals surface area (Å²) in [4.78, 5) is 58.6. The van der Waals surface area contributed by atoms with Crippen LogP contribution in [0.4, 0.5) is 0 Å². The van der Waals surface area contributed by atoms with Crippen LogP contribution in [-0.4, -0.2) is 89.8 Å². The van der Waals surface area contributed by atoms with Gasteiger partial charge in [0.15, 0.2) is 0 Å². The number of rotatable bonds is 22. The molecular weight excluding hydrogens is 516 g/mol. The van der Waals surface area contributed by atoms with Gasteiger partial charge in [-0.3, -0.25) is 0 Å². The SMILES string of the molecule is C=CC(=O)OCC(CCOCC(COC(=O)C=C)(COC(=O)C=C)COC(=O)C=C)(COC)COC(=O)C=C. The van der Waals surface area contributed by atoms with E-state index < -0.39 is 40.7 Å². The van der Waals surface area contributed by atoms with Crippen LogP contribution >= 0.6 is 0 Å². The number of ether oxygens (including phenoxy) is 7. The monoisotopic (exact) mass is 552 g/mol. The summed E-state index contributed by atoms with van der Waals surface area (Å²) in [6, 6.07) is 0. The first-order valence-electron chi connectivity index (χ1n) is 11.6. The van der Waals surface area contributed by atoms with E-state index in [4.69, 9.17) is 33.2 Å². The molecular formula is C27H36O12. The van der Waals surface area contributed by atoms with E-state index in [1.54, 1.807) is 0 Å². The van der Waals surface area contributed by atoms with E-state index in [1.165, 1.54) is 7.11 Å². The lowest BCUT2D eigenvalue weighted by atomic mass is 9.87. The number of carbonyl (C=O) groups is 5. The maximum Gasteiger partial charge on any atom is 0.330 e. The van der Waals surface area contributed by atoms with Gasteiger partial charge < -0.3 is 33.2 Å². The van der Waals surface area contributed by atoms with Crippen molar-refractivity contribution in [2.24, 2.45) is 10.8 Å². The Hall–Kier alpha value is -4.03. The van der Waals surface area contributed by atoms with Crippen LogP contribution in [0.25, 0.3) is 0 Å². The summed E-state index contributed by atoms with van der Waals surface area (Å²) in [6.07, 6.45) is 4.93. The largest absolute Gasteiger partial charge is 0.462 e. The number of esters is 5. The highest BCUT2D eigenvalue weighted by Gasteiger charge is 2.38. The lowest BCUT2D eigenvalue weighted by molar-refractivity contribution is -0.164. The first-order chi connectivity index (χ1) is 18.5. The van der Waals surface area contributed by atoms with Gasteiger partial charge in [0.05, 0.1) is 24.0 Å². The van der Waals surface area contributed by atoms with E-state index in [1.807, 2.05) is 0 Å². The van der Waals surface area contributed by atoms with E-state index in [2.05, 4.69) is 32.9 Å². The molecule has 0 aliphatic rings. The zero-order valence-electron chi connectivity index (χ0n) is 22.2. The molecule has 0 aromatic rings. The summed E-state index contributed by atoms with van der Waals surface area (Å²) in [6.45, 7) is 14.9. The fourth-order valence-electron chi connectivity index (χ4n) is 2.89. The smallest absolute Gasteiger partial charge is 0.330 e. The molecule has 39 heavy (non-hydrogen) atoms. The Morgan fingerprint density at radius 2 is 0.821 bits per heavy atom. The van der Waals surface area contributed by atoms with Gasteiger partial charge in [-0.25, -0.2) is 24.0 Å². The highest BCUT2D eigenvalue weighted by atomic mass is 16.6. The number of methoxy groups -OCH3 is 1. The maximum atomic E-state index is 11.7. The van der Waals surface area contributed by atoms with Crippen LogP contribution in [0, 0.1) is 10.8 Å². The molecule has 0 fully saturated rings. The fraction of sp³-hybridized carbons (Fsp3) is 0.444. The van der Waals surface area contributed by atoms with Crippen LogP contribution in [0.15, 0.2) is 63.3 Å². The summed E-state index contributed by atoms with van der Waals surface area (Å²) in [5.41, 5.74) is -2.35. The van der Waals surface area contributed by atoms with Crippen LogP contribution < -0.4 is 0 Å². The quantitative estimate of drug-likeness (QED) is 0.0832. The van der Waals surface area contributed by atoms with Crippen molar-refractivity contribution in [2.45, 2.75) is 6.42 Å². The molecule has 0 heterocycles. The fourth-order valence-corrected chi connectivity index (χ4v) is 2.89. The maximum absolute atomic E-state index is 11.7. The van der Waals surface area contributed by atoms with Gasteiger partial charge in [-0.1, -0.05) is 32.9 Å². The first kappa shape index (κ1) is 35.0. The van der Waals surface area contributed by atoms with E-state index in [0.717, 1.165) is 30.4 Å². The van der Waals surface area contributed by atoms with Crippen LogP contribution in [0.5, 0.6) is 0 Å². The summed E-state index contributed by atoms with van der Waals surface area (Å²) in [7, 11) is 1.42. The Morgan fingerprint density at radius 1 is 0.513 bits per heavy atom. The van der Waals surface area contributed by atoms with Crippen molar-refractivity contribution in [3.63, 3.8) is 0 Å². The van der Waals surface area contributed by atoms with Crippen LogP contribution in [0.3, 0.4) is 0 Å². The van der Waals surface area contributed by atoms with Crippen molar-refractivity contribution >= 4 is 29.8 Å². The standard InChI is InChI=1S/C27H36O12/c1-7-21(28)35-16-26(14-33-6,17-36-22(29)8-2)12-13-34-15-27(18-37-23(30)9-3,19-38-24(31)10-4)20-39-25(32)11-5/h7-11H,1-5,12-20H2,6H3. The molecule has 0 aliphatic heterocycles. The third-order valence-electron chi connectivity index (χ3n) is 5.07. The van der Waals surface area contributed by atoms with Gasteiger partial charge in [0.2, 0.25) is 0 Å². The molecule has 0 rings (SSSR count). The minimum atomic E-state index is -1.33.